The first-order valence-electron chi connectivity index (χ1n) is 14.7. The molecular weight excluding hydrogens is 617 g/mol. The van der Waals surface area contributed by atoms with Gasteiger partial charge in [-0.25, -0.2) is 4.98 Å². The summed E-state index contributed by atoms with van der Waals surface area (Å²) in [5.41, 5.74) is 2.45. The zero-order valence-electron chi connectivity index (χ0n) is 25.5. The number of carbonyl (C=O) groups excluding carboxylic acids is 1. The molecule has 12 heteroatoms. The third-order valence-electron chi connectivity index (χ3n) is 8.13. The molecule has 1 N–H and O–H groups in total. The number of alkyl halides is 3. The molecule has 1 amide bonds. The van der Waals surface area contributed by atoms with Crippen LogP contribution in [0, 0.1) is 6.92 Å². The standard InChI is InChI=1S/C34H32ClF3N6O2/c1-21-4-11-26(46-33-30-28(12-13-43(30)3)39-31(41-33)22-7-9-25(35)10-8-22)19-29(21)40-32(45)23-5-6-24(27(18-23)34(36,37)38)20-44-16-14-42(2)15-17-44/h4-13,18-19H,14-17,20H2,1-3H3,(H,40,45). The lowest BCUT2D eigenvalue weighted by molar-refractivity contribution is -0.138. The smallest absolute Gasteiger partial charge is 0.416 e. The van der Waals surface area contributed by atoms with Crippen LogP contribution in [0.3, 0.4) is 0 Å². The van der Waals surface area contributed by atoms with Gasteiger partial charge in [0.15, 0.2) is 5.82 Å². The Morgan fingerprint density at radius 1 is 0.957 bits per heavy atom. The van der Waals surface area contributed by atoms with Crippen molar-refractivity contribution in [1.29, 1.82) is 0 Å². The second-order valence-electron chi connectivity index (χ2n) is 11.5. The number of anilines is 1. The summed E-state index contributed by atoms with van der Waals surface area (Å²) in [7, 11) is 3.85. The quantitative estimate of drug-likeness (QED) is 0.198. The number of ether oxygens (including phenoxy) is 1. The number of fused-ring (bicyclic) bond motifs is 1. The molecular formula is C34H32ClF3N6O2. The minimum Gasteiger partial charge on any atom is -0.437 e. The molecule has 0 saturated carbocycles. The molecule has 0 bridgehead atoms. The molecule has 0 spiro atoms. The van der Waals surface area contributed by atoms with Gasteiger partial charge in [-0.1, -0.05) is 23.7 Å². The van der Waals surface area contributed by atoms with E-state index in [2.05, 4.69) is 20.2 Å². The molecule has 1 aliphatic rings. The number of aromatic nitrogens is 3. The molecule has 3 heterocycles. The molecule has 5 aromatic rings. The van der Waals surface area contributed by atoms with E-state index in [9.17, 15) is 18.0 Å². The van der Waals surface area contributed by atoms with Gasteiger partial charge in [0.25, 0.3) is 5.91 Å². The van der Waals surface area contributed by atoms with E-state index in [0.717, 1.165) is 24.7 Å². The fourth-order valence-corrected chi connectivity index (χ4v) is 5.55. The van der Waals surface area contributed by atoms with E-state index in [1.807, 2.05) is 48.0 Å². The highest BCUT2D eigenvalue weighted by Crippen LogP contribution is 2.35. The summed E-state index contributed by atoms with van der Waals surface area (Å²) in [6.07, 6.45) is -2.75. The average Bonchev–Trinajstić information content (AvgIpc) is 3.40. The Hall–Kier alpha value is -4.45. The fraction of sp³-hybridized carbons (Fsp3) is 0.265. The van der Waals surface area contributed by atoms with E-state index in [4.69, 9.17) is 16.3 Å². The summed E-state index contributed by atoms with van der Waals surface area (Å²) in [4.78, 5) is 26.8. The van der Waals surface area contributed by atoms with Crippen LogP contribution in [0.2, 0.25) is 5.02 Å². The van der Waals surface area contributed by atoms with Crippen LogP contribution in [0.15, 0.2) is 72.9 Å². The number of amides is 1. The van der Waals surface area contributed by atoms with E-state index in [1.165, 1.54) is 12.1 Å². The highest BCUT2D eigenvalue weighted by Gasteiger charge is 2.34. The van der Waals surface area contributed by atoms with Gasteiger partial charge in [-0.05, 0) is 73.6 Å². The lowest BCUT2D eigenvalue weighted by Gasteiger charge is -2.33. The number of nitrogens with zero attached hydrogens (tertiary/aromatic N) is 5. The Morgan fingerprint density at radius 2 is 1.70 bits per heavy atom. The summed E-state index contributed by atoms with van der Waals surface area (Å²) in [5.74, 6) is 0.466. The van der Waals surface area contributed by atoms with Crippen LogP contribution in [0.1, 0.15) is 27.0 Å². The largest absolute Gasteiger partial charge is 0.437 e. The van der Waals surface area contributed by atoms with Crippen LogP contribution in [0.4, 0.5) is 18.9 Å². The zero-order valence-corrected chi connectivity index (χ0v) is 26.3. The minimum absolute atomic E-state index is 0.0888. The van der Waals surface area contributed by atoms with E-state index < -0.39 is 17.6 Å². The van der Waals surface area contributed by atoms with Crippen LogP contribution >= 0.6 is 11.6 Å². The molecule has 3 aromatic carbocycles. The van der Waals surface area contributed by atoms with Crippen molar-refractivity contribution in [2.24, 2.45) is 7.05 Å². The van der Waals surface area contributed by atoms with Crippen molar-refractivity contribution in [3.63, 3.8) is 0 Å². The Labute approximate surface area is 269 Å². The first-order chi connectivity index (χ1) is 21.9. The fourth-order valence-electron chi connectivity index (χ4n) is 5.43. The van der Waals surface area contributed by atoms with E-state index >= 15 is 0 Å². The number of piperazine rings is 1. The molecule has 0 radical (unpaired) electrons. The highest BCUT2D eigenvalue weighted by molar-refractivity contribution is 6.30. The molecule has 238 valence electrons. The molecule has 1 aliphatic heterocycles. The van der Waals surface area contributed by atoms with Crippen molar-refractivity contribution in [3.05, 3.63) is 100 Å². The average molecular weight is 649 g/mol. The Bertz CT molecular complexity index is 1900. The zero-order chi connectivity index (χ0) is 32.6. The van der Waals surface area contributed by atoms with Crippen LogP contribution in [0.25, 0.3) is 22.4 Å². The molecule has 6 rings (SSSR count). The predicted molar refractivity (Wildman–Crippen MR) is 172 cm³/mol. The highest BCUT2D eigenvalue weighted by atomic mass is 35.5. The Morgan fingerprint density at radius 3 is 2.41 bits per heavy atom. The number of nitrogens with one attached hydrogen (secondary N) is 1. The predicted octanol–water partition coefficient (Wildman–Crippen LogP) is 7.41. The third-order valence-corrected chi connectivity index (χ3v) is 8.38. The molecule has 0 atom stereocenters. The number of benzene rings is 3. The van der Waals surface area contributed by atoms with Gasteiger partial charge in [-0.3, -0.25) is 9.69 Å². The lowest BCUT2D eigenvalue weighted by atomic mass is 10.0. The minimum atomic E-state index is -4.60. The van der Waals surface area contributed by atoms with Crippen LogP contribution < -0.4 is 10.1 Å². The van der Waals surface area contributed by atoms with Crippen LogP contribution in [0.5, 0.6) is 11.6 Å². The lowest BCUT2D eigenvalue weighted by Crippen LogP contribution is -2.44. The molecule has 46 heavy (non-hydrogen) atoms. The van der Waals surface area contributed by atoms with Gasteiger partial charge in [0.2, 0.25) is 5.88 Å². The first kappa shape index (κ1) is 31.5. The van der Waals surface area contributed by atoms with Gasteiger partial charge in [-0.15, -0.1) is 0 Å². The summed E-state index contributed by atoms with van der Waals surface area (Å²) < 4.78 is 50.5. The van der Waals surface area contributed by atoms with Crippen molar-refractivity contribution in [1.82, 2.24) is 24.3 Å². The second-order valence-corrected chi connectivity index (χ2v) is 11.9. The van der Waals surface area contributed by atoms with Crippen molar-refractivity contribution >= 4 is 34.2 Å². The van der Waals surface area contributed by atoms with Gasteiger partial charge >= 0.3 is 6.18 Å². The summed E-state index contributed by atoms with van der Waals surface area (Å²) >= 11 is 6.06. The van der Waals surface area contributed by atoms with Gasteiger partial charge in [0.05, 0.1) is 11.1 Å². The SMILES string of the molecule is Cc1ccc(Oc2nc(-c3ccc(Cl)cc3)nc3ccn(C)c23)cc1NC(=O)c1ccc(CN2CCN(C)CC2)c(C(F)(F)F)c1. The Kier molecular flexibility index (Phi) is 8.73. The summed E-state index contributed by atoms with van der Waals surface area (Å²) in [5, 5.41) is 3.36. The normalized spacial score (nSPS) is 14.5. The third kappa shape index (κ3) is 6.86. The van der Waals surface area contributed by atoms with Gasteiger partial charge < -0.3 is 19.5 Å². The maximum absolute atomic E-state index is 14.1. The van der Waals surface area contributed by atoms with Crippen molar-refractivity contribution < 1.29 is 22.7 Å². The van der Waals surface area contributed by atoms with Gasteiger partial charge in [0.1, 0.15) is 11.3 Å². The molecule has 1 fully saturated rings. The van der Waals surface area contributed by atoms with Crippen LogP contribution in [-0.4, -0.2) is 63.5 Å². The summed E-state index contributed by atoms with van der Waals surface area (Å²) in [6, 6.07) is 17.9. The molecule has 2 aromatic heterocycles. The van der Waals surface area contributed by atoms with E-state index in [0.29, 0.717) is 57.9 Å². The number of carbonyl (C=O) groups is 1. The maximum atomic E-state index is 14.1. The number of rotatable bonds is 7. The first-order valence-corrected chi connectivity index (χ1v) is 15.1. The van der Waals surface area contributed by atoms with Crippen molar-refractivity contribution in [2.75, 3.05) is 38.5 Å². The summed E-state index contributed by atoms with van der Waals surface area (Å²) in [6.45, 7) is 4.90. The van der Waals surface area contributed by atoms with Crippen LogP contribution in [-0.2, 0) is 19.8 Å². The van der Waals surface area contributed by atoms with Gasteiger partial charge in [-0.2, -0.15) is 18.2 Å². The van der Waals surface area contributed by atoms with Crippen molar-refractivity contribution in [3.8, 4) is 23.0 Å². The molecule has 0 unspecified atom stereocenters. The van der Waals surface area contributed by atoms with Crippen molar-refractivity contribution in [2.45, 2.75) is 19.6 Å². The molecule has 1 saturated heterocycles. The number of aryl methyl sites for hydroxylation is 2. The van der Waals surface area contributed by atoms with Gasteiger partial charge in [0, 0.05) is 73.9 Å². The number of likely N-dealkylation sites (N-methyl/N-ethyl adjacent to an activating group) is 1. The van der Waals surface area contributed by atoms with E-state index in [1.54, 1.807) is 37.3 Å². The maximum Gasteiger partial charge on any atom is 0.416 e. The number of hydrogen-bond donors (Lipinski definition) is 1. The second kappa shape index (κ2) is 12.7. The number of halogens is 4. The molecule has 8 nitrogen and oxygen atoms in total. The Balaban J connectivity index is 1.25. The monoisotopic (exact) mass is 648 g/mol. The number of hydrogen-bond acceptors (Lipinski definition) is 6. The van der Waals surface area contributed by atoms with E-state index in [-0.39, 0.29) is 17.7 Å². The topological polar surface area (TPSA) is 75.5 Å². The molecule has 0 aliphatic carbocycles.